The van der Waals surface area contributed by atoms with Crippen LogP contribution in [-0.2, 0) is 4.79 Å². The molecule has 0 heterocycles. The topological polar surface area (TPSA) is 66.8 Å². The van der Waals surface area contributed by atoms with Gasteiger partial charge in [-0.3, -0.25) is 0 Å². The Bertz CT molecular complexity index is 628. The van der Waals surface area contributed by atoms with E-state index in [0.29, 0.717) is 5.75 Å². The van der Waals surface area contributed by atoms with Crippen molar-refractivity contribution < 1.29 is 19.7 Å². The van der Waals surface area contributed by atoms with Crippen molar-refractivity contribution in [2.24, 2.45) is 0 Å². The number of hydrogen-bond acceptors (Lipinski definition) is 3. The molecule has 0 bridgehead atoms. The molecule has 4 heteroatoms. The summed E-state index contributed by atoms with van der Waals surface area (Å²) in [6, 6.07) is 13.4. The van der Waals surface area contributed by atoms with E-state index < -0.39 is 12.1 Å². The molecule has 104 valence electrons. The van der Waals surface area contributed by atoms with Gasteiger partial charge in [-0.25, -0.2) is 4.79 Å². The minimum absolute atomic E-state index is 0.0138. The Balaban J connectivity index is 2.02. The van der Waals surface area contributed by atoms with E-state index in [1.165, 1.54) is 0 Å². The van der Waals surface area contributed by atoms with Crippen molar-refractivity contribution in [1.82, 2.24) is 0 Å². The highest BCUT2D eigenvalue weighted by atomic mass is 16.5. The Hall–Kier alpha value is -2.33. The molecule has 0 saturated carbocycles. The molecule has 4 nitrogen and oxygen atoms in total. The van der Waals surface area contributed by atoms with Crippen molar-refractivity contribution in [2.75, 3.05) is 6.61 Å². The molecule has 0 aliphatic heterocycles. The lowest BCUT2D eigenvalue weighted by Gasteiger charge is -2.13. The SMILES string of the molecule is C=C(CC(O)COc1cccc2ccccc12)C(=O)O. The van der Waals surface area contributed by atoms with Gasteiger partial charge in [-0.1, -0.05) is 43.0 Å². The van der Waals surface area contributed by atoms with E-state index in [1.54, 1.807) is 0 Å². The van der Waals surface area contributed by atoms with Gasteiger partial charge in [-0.05, 0) is 11.5 Å². The Morgan fingerprint density at radius 3 is 2.65 bits per heavy atom. The van der Waals surface area contributed by atoms with Crippen molar-refractivity contribution in [3.63, 3.8) is 0 Å². The lowest BCUT2D eigenvalue weighted by Crippen LogP contribution is -2.20. The van der Waals surface area contributed by atoms with E-state index in [2.05, 4.69) is 6.58 Å². The molecular weight excluding hydrogens is 256 g/mol. The number of carboxylic acids is 1. The molecule has 0 aliphatic carbocycles. The molecule has 0 fully saturated rings. The van der Waals surface area contributed by atoms with Gasteiger partial charge in [0.2, 0.25) is 0 Å². The molecule has 1 atom stereocenters. The Morgan fingerprint density at radius 2 is 1.90 bits per heavy atom. The van der Waals surface area contributed by atoms with Crippen LogP contribution in [0.15, 0.2) is 54.6 Å². The zero-order chi connectivity index (χ0) is 14.5. The lowest BCUT2D eigenvalue weighted by molar-refractivity contribution is -0.133. The number of hydrogen-bond donors (Lipinski definition) is 2. The highest BCUT2D eigenvalue weighted by Gasteiger charge is 2.12. The third-order valence-corrected chi connectivity index (χ3v) is 2.97. The fourth-order valence-corrected chi connectivity index (χ4v) is 1.94. The van der Waals surface area contributed by atoms with Crippen molar-refractivity contribution >= 4 is 16.7 Å². The van der Waals surface area contributed by atoms with E-state index in [0.717, 1.165) is 10.8 Å². The molecular formula is C16H16O4. The second kappa shape index (κ2) is 6.21. The van der Waals surface area contributed by atoms with Crippen molar-refractivity contribution in [2.45, 2.75) is 12.5 Å². The summed E-state index contributed by atoms with van der Waals surface area (Å²) in [6.45, 7) is 3.41. The number of ether oxygens (including phenoxy) is 1. The molecule has 2 aromatic carbocycles. The number of fused-ring (bicyclic) bond motifs is 1. The Morgan fingerprint density at radius 1 is 1.20 bits per heavy atom. The van der Waals surface area contributed by atoms with E-state index in [9.17, 15) is 9.90 Å². The first kappa shape index (κ1) is 14.1. The molecule has 0 aromatic heterocycles. The third kappa shape index (κ3) is 3.36. The molecule has 0 amide bonds. The van der Waals surface area contributed by atoms with Gasteiger partial charge in [0.1, 0.15) is 12.4 Å². The molecule has 0 saturated heterocycles. The van der Waals surface area contributed by atoms with Crippen molar-refractivity contribution in [3.8, 4) is 5.75 Å². The molecule has 0 radical (unpaired) electrons. The molecule has 2 aromatic rings. The summed E-state index contributed by atoms with van der Waals surface area (Å²) in [6.07, 6.45) is -0.905. The predicted octanol–water partition coefficient (Wildman–Crippen LogP) is 2.61. The number of benzene rings is 2. The van der Waals surface area contributed by atoms with Crippen LogP contribution in [0.2, 0.25) is 0 Å². The van der Waals surface area contributed by atoms with Crippen LogP contribution >= 0.6 is 0 Å². The second-order valence-corrected chi connectivity index (χ2v) is 4.55. The van der Waals surface area contributed by atoms with Crippen LogP contribution in [0.3, 0.4) is 0 Å². The summed E-state index contributed by atoms with van der Waals surface area (Å²) >= 11 is 0. The zero-order valence-corrected chi connectivity index (χ0v) is 11.0. The summed E-state index contributed by atoms with van der Waals surface area (Å²) in [7, 11) is 0. The highest BCUT2D eigenvalue weighted by Crippen LogP contribution is 2.25. The van der Waals surface area contributed by atoms with Gasteiger partial charge in [0, 0.05) is 17.4 Å². The second-order valence-electron chi connectivity index (χ2n) is 4.55. The molecule has 20 heavy (non-hydrogen) atoms. The quantitative estimate of drug-likeness (QED) is 0.793. The van der Waals surface area contributed by atoms with Gasteiger partial charge in [0.05, 0.1) is 6.10 Å². The fourth-order valence-electron chi connectivity index (χ4n) is 1.94. The van der Waals surface area contributed by atoms with Gasteiger partial charge >= 0.3 is 5.97 Å². The fraction of sp³-hybridized carbons (Fsp3) is 0.188. The largest absolute Gasteiger partial charge is 0.490 e. The molecule has 1 unspecified atom stereocenters. The molecule has 0 spiro atoms. The average Bonchev–Trinajstić information content (AvgIpc) is 2.44. The maximum atomic E-state index is 10.6. The predicted molar refractivity (Wildman–Crippen MR) is 76.8 cm³/mol. The first-order valence-electron chi connectivity index (χ1n) is 6.27. The summed E-state index contributed by atoms with van der Waals surface area (Å²) in [5.41, 5.74) is -0.0287. The summed E-state index contributed by atoms with van der Waals surface area (Å²) in [5.74, 6) is -0.433. The first-order valence-corrected chi connectivity index (χ1v) is 6.27. The van der Waals surface area contributed by atoms with Crippen LogP contribution in [0.5, 0.6) is 5.75 Å². The Labute approximate surface area is 116 Å². The van der Waals surface area contributed by atoms with Crippen LogP contribution in [0, 0.1) is 0 Å². The molecule has 0 aliphatic rings. The van der Waals surface area contributed by atoms with Gasteiger partial charge in [0.15, 0.2) is 0 Å². The number of aliphatic hydroxyl groups is 1. The van der Waals surface area contributed by atoms with Gasteiger partial charge in [-0.15, -0.1) is 0 Å². The van der Waals surface area contributed by atoms with Gasteiger partial charge in [-0.2, -0.15) is 0 Å². The summed E-state index contributed by atoms with van der Waals surface area (Å²) < 4.78 is 5.58. The van der Waals surface area contributed by atoms with Crippen LogP contribution < -0.4 is 4.74 Å². The maximum absolute atomic E-state index is 10.6. The number of carboxylic acid groups (broad SMARTS) is 1. The lowest BCUT2D eigenvalue weighted by atomic mass is 10.1. The monoisotopic (exact) mass is 272 g/mol. The van der Waals surface area contributed by atoms with Crippen LogP contribution in [0.1, 0.15) is 6.42 Å². The van der Waals surface area contributed by atoms with Gasteiger partial charge in [0.25, 0.3) is 0 Å². The van der Waals surface area contributed by atoms with Crippen LogP contribution in [0.4, 0.5) is 0 Å². The first-order chi connectivity index (χ1) is 9.58. The van der Waals surface area contributed by atoms with E-state index >= 15 is 0 Å². The number of aliphatic carboxylic acids is 1. The van der Waals surface area contributed by atoms with E-state index in [1.807, 2.05) is 42.5 Å². The van der Waals surface area contributed by atoms with E-state index in [-0.39, 0.29) is 18.6 Å². The van der Waals surface area contributed by atoms with Crippen molar-refractivity contribution in [1.29, 1.82) is 0 Å². The van der Waals surface area contributed by atoms with Crippen molar-refractivity contribution in [3.05, 3.63) is 54.6 Å². The number of aliphatic hydroxyl groups excluding tert-OH is 1. The highest BCUT2D eigenvalue weighted by molar-refractivity contribution is 5.88. The zero-order valence-electron chi connectivity index (χ0n) is 11.0. The molecule has 2 rings (SSSR count). The minimum atomic E-state index is -1.10. The number of carbonyl (C=O) groups is 1. The summed E-state index contributed by atoms with van der Waals surface area (Å²) in [5, 5.41) is 20.5. The third-order valence-electron chi connectivity index (χ3n) is 2.97. The molecule has 2 N–H and O–H groups in total. The van der Waals surface area contributed by atoms with Gasteiger partial charge < -0.3 is 14.9 Å². The minimum Gasteiger partial charge on any atom is -0.490 e. The Kier molecular flexibility index (Phi) is 4.38. The average molecular weight is 272 g/mol. The number of rotatable bonds is 6. The summed E-state index contributed by atoms with van der Waals surface area (Å²) in [4.78, 5) is 10.6. The smallest absolute Gasteiger partial charge is 0.331 e. The maximum Gasteiger partial charge on any atom is 0.331 e. The van der Waals surface area contributed by atoms with E-state index in [4.69, 9.17) is 9.84 Å². The normalized spacial score (nSPS) is 12.1. The van der Waals surface area contributed by atoms with Crippen LogP contribution in [-0.4, -0.2) is 28.9 Å². The standard InChI is InChI=1S/C16H16O4/c1-11(16(18)19)9-13(17)10-20-15-8-4-6-12-5-2-3-7-14(12)15/h2-8,13,17H,1,9-10H2,(H,18,19). The van der Waals surface area contributed by atoms with Crippen LogP contribution in [0.25, 0.3) is 10.8 Å².